The van der Waals surface area contributed by atoms with Crippen molar-refractivity contribution in [3.8, 4) is 0 Å². The van der Waals surface area contributed by atoms with Gasteiger partial charge in [0.1, 0.15) is 0 Å². The molecule has 2 aromatic carbocycles. The number of aromatic nitrogens is 1. The molecule has 0 aliphatic heterocycles. The molecule has 0 spiro atoms. The molecule has 3 aromatic rings. The molecule has 2 heteroatoms. The second-order valence-corrected chi connectivity index (χ2v) is 7.39. The number of hydrogen-bond acceptors (Lipinski definition) is 1. The summed E-state index contributed by atoms with van der Waals surface area (Å²) in [5.41, 5.74) is 9.01. The van der Waals surface area contributed by atoms with E-state index in [1.165, 1.54) is 45.0 Å². The number of aryl methyl sites for hydroxylation is 3. The summed E-state index contributed by atoms with van der Waals surface area (Å²) in [5.74, 6) is 0.694. The molecular weight excluding hydrogens is 301 g/mol. The third-order valence-electron chi connectivity index (χ3n) is 5.19. The lowest BCUT2D eigenvalue weighted by atomic mass is 9.60. The molecule has 0 fully saturated rings. The van der Waals surface area contributed by atoms with Crippen LogP contribution in [-0.4, -0.2) is 12.3 Å². The summed E-state index contributed by atoms with van der Waals surface area (Å²) in [5, 5.41) is 1.29. The van der Waals surface area contributed by atoms with Gasteiger partial charge in [0.05, 0.1) is 5.52 Å². The number of pyridine rings is 1. The van der Waals surface area contributed by atoms with E-state index >= 15 is 0 Å². The van der Waals surface area contributed by atoms with Gasteiger partial charge in [-0.15, -0.1) is 0 Å². The fourth-order valence-electron chi connectivity index (χ4n) is 3.64. The first-order valence-corrected chi connectivity index (χ1v) is 9.28. The molecule has 1 unspecified atom stereocenters. The average Bonchev–Trinajstić information content (AvgIpc) is 2.59. The van der Waals surface area contributed by atoms with Crippen molar-refractivity contribution in [2.45, 2.75) is 47.5 Å². The maximum absolute atomic E-state index is 4.72. The van der Waals surface area contributed by atoms with Gasteiger partial charge in [-0.1, -0.05) is 78.2 Å². The Hall–Kier alpha value is -2.09. The fourth-order valence-corrected chi connectivity index (χ4v) is 3.64. The molecule has 1 aromatic heterocycles. The lowest BCUT2D eigenvalue weighted by Crippen LogP contribution is -2.32. The molecule has 0 saturated heterocycles. The number of nitrogens with zero attached hydrogens (tertiary/aromatic N) is 1. The van der Waals surface area contributed by atoms with Crippen LogP contribution < -0.4 is 10.9 Å². The molecule has 1 atom stereocenters. The molecule has 0 aliphatic rings. The minimum Gasteiger partial charge on any atom is -0.257 e. The average molecular weight is 328 g/mol. The minimum atomic E-state index is 0.694. The minimum absolute atomic E-state index is 0.694. The second kappa shape index (κ2) is 7.43. The summed E-state index contributed by atoms with van der Waals surface area (Å²) in [4.78, 5) is 4.72. The first-order valence-electron chi connectivity index (χ1n) is 9.28. The van der Waals surface area contributed by atoms with Crippen molar-refractivity contribution in [3.63, 3.8) is 0 Å². The highest BCUT2D eigenvalue weighted by atomic mass is 14.6. The second-order valence-electron chi connectivity index (χ2n) is 7.39. The number of rotatable bonds is 5. The van der Waals surface area contributed by atoms with Gasteiger partial charge in [-0.2, -0.15) is 0 Å². The third-order valence-corrected chi connectivity index (χ3v) is 5.19. The van der Waals surface area contributed by atoms with Gasteiger partial charge in [0, 0.05) is 11.6 Å². The van der Waals surface area contributed by atoms with Crippen molar-refractivity contribution in [3.05, 3.63) is 64.8 Å². The lowest BCUT2D eigenvalue weighted by molar-refractivity contribution is 0.562. The predicted octanol–water partition coefficient (Wildman–Crippen LogP) is 4.40. The SMILES string of the molecule is CCC(C)Cc1ccc([B]c2c(C)cc(C)cc2C)c2ncccc12. The quantitative estimate of drug-likeness (QED) is 0.633. The fraction of sp³-hybridized carbons (Fsp3) is 0.348. The molecule has 25 heavy (non-hydrogen) atoms. The Bertz CT molecular complexity index is 875. The zero-order chi connectivity index (χ0) is 18.0. The van der Waals surface area contributed by atoms with E-state index < -0.39 is 0 Å². The highest BCUT2D eigenvalue weighted by Gasteiger charge is 2.13. The van der Waals surface area contributed by atoms with Gasteiger partial charge in [-0.3, -0.25) is 4.98 Å². The van der Waals surface area contributed by atoms with Crippen LogP contribution in [0.15, 0.2) is 42.6 Å². The van der Waals surface area contributed by atoms with Crippen LogP contribution in [0.4, 0.5) is 0 Å². The Morgan fingerprint density at radius 2 is 1.76 bits per heavy atom. The Kier molecular flexibility index (Phi) is 5.27. The summed E-state index contributed by atoms with van der Waals surface area (Å²) in [6.07, 6.45) is 4.22. The van der Waals surface area contributed by atoms with Crippen LogP contribution in [0, 0.1) is 26.7 Å². The van der Waals surface area contributed by atoms with Crippen LogP contribution in [0.1, 0.15) is 42.5 Å². The van der Waals surface area contributed by atoms with E-state index in [9.17, 15) is 0 Å². The molecule has 0 bridgehead atoms. The van der Waals surface area contributed by atoms with Crippen LogP contribution in [0.2, 0.25) is 0 Å². The molecule has 3 rings (SSSR count). The van der Waals surface area contributed by atoms with Gasteiger partial charge in [0.25, 0.3) is 0 Å². The first-order chi connectivity index (χ1) is 12.0. The van der Waals surface area contributed by atoms with E-state index in [1.807, 2.05) is 6.20 Å². The molecule has 1 radical (unpaired) electrons. The van der Waals surface area contributed by atoms with Crippen molar-refractivity contribution in [1.82, 2.24) is 4.98 Å². The maximum Gasteiger partial charge on any atom is 0.195 e. The maximum atomic E-state index is 4.72. The number of benzene rings is 2. The summed E-state index contributed by atoms with van der Waals surface area (Å²) < 4.78 is 0. The Morgan fingerprint density at radius 1 is 1.04 bits per heavy atom. The highest BCUT2D eigenvalue weighted by molar-refractivity contribution is 6.70. The molecule has 0 saturated carbocycles. The standard InChI is InChI=1S/C23H27BN/c1-6-15(2)14-19-9-10-21(23-20(19)8-7-11-25-23)24-22-17(4)12-16(3)13-18(22)5/h7-13,15H,6,14H2,1-5H3. The van der Waals surface area contributed by atoms with Crippen LogP contribution in [-0.2, 0) is 6.42 Å². The van der Waals surface area contributed by atoms with Crippen LogP contribution in [0.5, 0.6) is 0 Å². The van der Waals surface area contributed by atoms with Gasteiger partial charge in [0.15, 0.2) is 7.28 Å². The van der Waals surface area contributed by atoms with Crippen LogP contribution in [0.25, 0.3) is 10.9 Å². The van der Waals surface area contributed by atoms with E-state index in [0.717, 1.165) is 11.9 Å². The van der Waals surface area contributed by atoms with Crippen molar-refractivity contribution >= 4 is 29.1 Å². The molecule has 1 heterocycles. The summed E-state index contributed by atoms with van der Waals surface area (Å²) in [7, 11) is 2.30. The largest absolute Gasteiger partial charge is 0.257 e. The monoisotopic (exact) mass is 328 g/mol. The molecule has 0 aliphatic carbocycles. The lowest BCUT2D eigenvalue weighted by Gasteiger charge is -2.15. The van der Waals surface area contributed by atoms with Gasteiger partial charge < -0.3 is 0 Å². The molecular formula is C23H27BN. The van der Waals surface area contributed by atoms with Crippen molar-refractivity contribution < 1.29 is 0 Å². The zero-order valence-corrected chi connectivity index (χ0v) is 16.1. The normalized spacial score (nSPS) is 12.4. The summed E-state index contributed by atoms with van der Waals surface area (Å²) in [6, 6.07) is 13.3. The van der Waals surface area contributed by atoms with Gasteiger partial charge in [-0.25, -0.2) is 0 Å². The van der Waals surface area contributed by atoms with Gasteiger partial charge in [-0.05, 0) is 44.7 Å². The van der Waals surface area contributed by atoms with E-state index in [1.54, 1.807) is 0 Å². The Morgan fingerprint density at radius 3 is 2.44 bits per heavy atom. The van der Waals surface area contributed by atoms with Crippen molar-refractivity contribution in [2.75, 3.05) is 0 Å². The molecule has 127 valence electrons. The molecule has 0 N–H and O–H groups in total. The van der Waals surface area contributed by atoms with Crippen LogP contribution in [0.3, 0.4) is 0 Å². The van der Waals surface area contributed by atoms with Gasteiger partial charge >= 0.3 is 0 Å². The zero-order valence-electron chi connectivity index (χ0n) is 16.1. The van der Waals surface area contributed by atoms with Crippen molar-refractivity contribution in [2.24, 2.45) is 5.92 Å². The molecule has 0 amide bonds. The van der Waals surface area contributed by atoms with E-state index in [2.05, 4.69) is 78.3 Å². The number of fused-ring (bicyclic) bond motifs is 1. The predicted molar refractivity (Wildman–Crippen MR) is 111 cm³/mol. The van der Waals surface area contributed by atoms with Crippen LogP contribution >= 0.6 is 0 Å². The molecule has 1 nitrogen and oxygen atoms in total. The van der Waals surface area contributed by atoms with E-state index in [4.69, 9.17) is 4.98 Å². The Labute approximate surface area is 152 Å². The van der Waals surface area contributed by atoms with E-state index in [-0.39, 0.29) is 0 Å². The summed E-state index contributed by atoms with van der Waals surface area (Å²) >= 11 is 0. The topological polar surface area (TPSA) is 12.9 Å². The summed E-state index contributed by atoms with van der Waals surface area (Å²) in [6.45, 7) is 11.1. The third kappa shape index (κ3) is 3.79. The number of hydrogen-bond donors (Lipinski definition) is 0. The van der Waals surface area contributed by atoms with Crippen molar-refractivity contribution in [1.29, 1.82) is 0 Å². The van der Waals surface area contributed by atoms with Gasteiger partial charge in [0.2, 0.25) is 0 Å². The Balaban J connectivity index is 2.05. The van der Waals surface area contributed by atoms with E-state index in [0.29, 0.717) is 5.92 Å². The highest BCUT2D eigenvalue weighted by Crippen LogP contribution is 2.20. The first kappa shape index (κ1) is 17.7. The smallest absolute Gasteiger partial charge is 0.195 e.